The first kappa shape index (κ1) is 8.46. The van der Waals surface area contributed by atoms with Gasteiger partial charge in [0.25, 0.3) is 5.95 Å². The highest BCUT2D eigenvalue weighted by Crippen LogP contribution is 2.27. The maximum Gasteiger partial charge on any atom is 0.260 e. The van der Waals surface area contributed by atoms with Crippen molar-refractivity contribution in [3.63, 3.8) is 0 Å². The Morgan fingerprint density at radius 3 is 2.54 bits per heavy atom. The van der Waals surface area contributed by atoms with Crippen LogP contribution in [0.25, 0.3) is 0 Å². The van der Waals surface area contributed by atoms with E-state index in [1.807, 2.05) is 0 Å². The Hall–Kier alpha value is -1.14. The largest absolute Gasteiger partial charge is 0.381 e. The van der Waals surface area contributed by atoms with Crippen LogP contribution in [0.2, 0.25) is 0 Å². The van der Waals surface area contributed by atoms with Crippen molar-refractivity contribution >= 4 is 5.95 Å². The molecule has 0 spiro atoms. The first-order chi connectivity index (χ1) is 6.21. The lowest BCUT2D eigenvalue weighted by Crippen LogP contribution is -2.42. The Balaban J connectivity index is 2.22. The molecule has 6 nitrogen and oxygen atoms in total. The van der Waals surface area contributed by atoms with E-state index < -0.39 is 5.54 Å². The number of hydrogen-bond donors (Lipinski definition) is 2. The number of nitrogens with two attached hydrogens (primary N) is 2. The van der Waals surface area contributed by atoms with Crippen LogP contribution in [0.5, 0.6) is 0 Å². The number of nitrogen functional groups attached to an aromatic ring is 1. The van der Waals surface area contributed by atoms with E-state index in [-0.39, 0.29) is 5.95 Å². The van der Waals surface area contributed by atoms with Gasteiger partial charge in [0.2, 0.25) is 5.89 Å². The summed E-state index contributed by atoms with van der Waals surface area (Å²) < 4.78 is 10.1. The topological polar surface area (TPSA) is 100 Å². The number of aromatic nitrogens is 2. The summed E-state index contributed by atoms with van der Waals surface area (Å²) in [4.78, 5) is 3.93. The third kappa shape index (κ3) is 1.50. The van der Waals surface area contributed by atoms with Gasteiger partial charge < -0.3 is 20.7 Å². The average Bonchev–Trinajstić information content (AvgIpc) is 2.54. The predicted molar refractivity (Wildman–Crippen MR) is 44.6 cm³/mol. The van der Waals surface area contributed by atoms with Crippen LogP contribution >= 0.6 is 0 Å². The van der Waals surface area contributed by atoms with E-state index in [0.717, 1.165) is 0 Å². The average molecular weight is 184 g/mol. The fourth-order valence-electron chi connectivity index (χ4n) is 1.39. The minimum absolute atomic E-state index is 0.131. The van der Waals surface area contributed by atoms with Gasteiger partial charge in [-0.1, -0.05) is 0 Å². The van der Waals surface area contributed by atoms with Gasteiger partial charge in [-0.3, -0.25) is 0 Å². The Morgan fingerprint density at radius 2 is 2.00 bits per heavy atom. The Bertz CT molecular complexity index is 292. The summed E-state index contributed by atoms with van der Waals surface area (Å²) in [6.45, 7) is 1.25. The van der Waals surface area contributed by atoms with E-state index in [1.54, 1.807) is 0 Å². The summed E-state index contributed by atoms with van der Waals surface area (Å²) in [5.41, 5.74) is 10.9. The molecule has 72 valence electrons. The van der Waals surface area contributed by atoms with Crippen molar-refractivity contribution < 1.29 is 9.26 Å². The lowest BCUT2D eigenvalue weighted by atomic mass is 9.91. The van der Waals surface area contributed by atoms with Gasteiger partial charge in [0.1, 0.15) is 5.54 Å². The van der Waals surface area contributed by atoms with E-state index in [0.29, 0.717) is 31.9 Å². The quantitative estimate of drug-likeness (QED) is 0.616. The Kier molecular flexibility index (Phi) is 1.93. The molecule has 0 bridgehead atoms. The number of rotatable bonds is 1. The maximum atomic E-state index is 6.06. The van der Waals surface area contributed by atoms with Crippen LogP contribution in [-0.4, -0.2) is 23.4 Å². The third-order valence-corrected chi connectivity index (χ3v) is 2.25. The van der Waals surface area contributed by atoms with Crippen molar-refractivity contribution in [1.29, 1.82) is 0 Å². The molecule has 0 aromatic carbocycles. The van der Waals surface area contributed by atoms with Crippen molar-refractivity contribution in [3.8, 4) is 0 Å². The molecular weight excluding hydrogens is 172 g/mol. The number of hydrogen-bond acceptors (Lipinski definition) is 6. The van der Waals surface area contributed by atoms with Gasteiger partial charge in [0.15, 0.2) is 0 Å². The molecule has 13 heavy (non-hydrogen) atoms. The van der Waals surface area contributed by atoms with Gasteiger partial charge in [0.05, 0.1) is 0 Å². The number of nitrogens with zero attached hydrogens (tertiary/aromatic N) is 2. The highest BCUT2D eigenvalue weighted by molar-refractivity contribution is 5.14. The number of anilines is 1. The maximum absolute atomic E-state index is 6.06. The normalized spacial score (nSPS) is 21.6. The molecule has 0 aliphatic carbocycles. The van der Waals surface area contributed by atoms with Crippen LogP contribution in [0.4, 0.5) is 5.95 Å². The van der Waals surface area contributed by atoms with Crippen LogP contribution < -0.4 is 11.5 Å². The Labute approximate surface area is 75.2 Å². The summed E-state index contributed by atoms with van der Waals surface area (Å²) in [5.74, 6) is 0.541. The lowest BCUT2D eigenvalue weighted by Gasteiger charge is -2.29. The van der Waals surface area contributed by atoms with Crippen molar-refractivity contribution in [3.05, 3.63) is 5.89 Å². The molecule has 0 amide bonds. The zero-order valence-corrected chi connectivity index (χ0v) is 7.19. The number of ether oxygens (including phenoxy) is 1. The third-order valence-electron chi connectivity index (χ3n) is 2.25. The fourth-order valence-corrected chi connectivity index (χ4v) is 1.39. The highest BCUT2D eigenvalue weighted by atomic mass is 16.5. The summed E-state index contributed by atoms with van der Waals surface area (Å²) in [5, 5.41) is 3.51. The first-order valence-electron chi connectivity index (χ1n) is 4.17. The summed E-state index contributed by atoms with van der Waals surface area (Å²) in [7, 11) is 0. The smallest absolute Gasteiger partial charge is 0.260 e. The van der Waals surface area contributed by atoms with E-state index in [1.165, 1.54) is 0 Å². The minimum Gasteiger partial charge on any atom is -0.381 e. The van der Waals surface area contributed by atoms with E-state index in [4.69, 9.17) is 20.7 Å². The second-order valence-corrected chi connectivity index (χ2v) is 3.23. The zero-order chi connectivity index (χ0) is 9.31. The second kappa shape index (κ2) is 2.97. The van der Waals surface area contributed by atoms with Crippen LogP contribution in [0.3, 0.4) is 0 Å². The molecule has 1 aromatic heterocycles. The first-order valence-corrected chi connectivity index (χ1v) is 4.17. The molecule has 1 aromatic rings. The molecule has 2 rings (SSSR count). The van der Waals surface area contributed by atoms with Gasteiger partial charge in [0, 0.05) is 13.2 Å². The monoisotopic (exact) mass is 184 g/mol. The molecule has 6 heteroatoms. The van der Waals surface area contributed by atoms with E-state index in [2.05, 4.69) is 10.1 Å². The van der Waals surface area contributed by atoms with Gasteiger partial charge in [-0.2, -0.15) is 4.98 Å². The molecule has 1 fully saturated rings. The molecule has 4 N–H and O–H groups in total. The standard InChI is InChI=1S/C7H12N4O2/c8-6-10-5(13-11-6)7(9)1-3-12-4-2-7/h1-4,9H2,(H2,8,11). The molecule has 0 unspecified atom stereocenters. The van der Waals surface area contributed by atoms with Crippen LogP contribution in [-0.2, 0) is 10.3 Å². The van der Waals surface area contributed by atoms with Crippen molar-refractivity contribution in [2.45, 2.75) is 18.4 Å². The molecular formula is C7H12N4O2. The lowest BCUT2D eigenvalue weighted by molar-refractivity contribution is 0.0400. The van der Waals surface area contributed by atoms with Crippen LogP contribution in [0.1, 0.15) is 18.7 Å². The van der Waals surface area contributed by atoms with Gasteiger partial charge in [-0.05, 0) is 18.0 Å². The molecule has 0 radical (unpaired) electrons. The SMILES string of the molecule is Nc1noc(C2(N)CCOCC2)n1. The summed E-state index contributed by atoms with van der Waals surface area (Å²) in [6.07, 6.45) is 1.38. The van der Waals surface area contributed by atoms with Gasteiger partial charge >= 0.3 is 0 Å². The van der Waals surface area contributed by atoms with Gasteiger partial charge in [-0.25, -0.2) is 0 Å². The minimum atomic E-state index is -0.553. The summed E-state index contributed by atoms with van der Waals surface area (Å²) >= 11 is 0. The Morgan fingerprint density at radius 1 is 1.31 bits per heavy atom. The molecule has 1 aliphatic heterocycles. The molecule has 0 saturated carbocycles. The molecule has 1 aliphatic rings. The van der Waals surface area contributed by atoms with E-state index in [9.17, 15) is 0 Å². The fraction of sp³-hybridized carbons (Fsp3) is 0.714. The molecule has 0 atom stereocenters. The second-order valence-electron chi connectivity index (χ2n) is 3.23. The van der Waals surface area contributed by atoms with Crippen molar-refractivity contribution in [2.75, 3.05) is 18.9 Å². The zero-order valence-electron chi connectivity index (χ0n) is 7.19. The molecule has 2 heterocycles. The van der Waals surface area contributed by atoms with Crippen LogP contribution in [0.15, 0.2) is 4.52 Å². The highest BCUT2D eigenvalue weighted by Gasteiger charge is 2.35. The summed E-state index contributed by atoms with van der Waals surface area (Å²) in [6, 6.07) is 0. The molecule has 1 saturated heterocycles. The van der Waals surface area contributed by atoms with Crippen LogP contribution in [0, 0.1) is 0 Å². The van der Waals surface area contributed by atoms with Gasteiger partial charge in [-0.15, -0.1) is 0 Å². The van der Waals surface area contributed by atoms with Crippen molar-refractivity contribution in [2.24, 2.45) is 5.73 Å². The van der Waals surface area contributed by atoms with Crippen molar-refractivity contribution in [1.82, 2.24) is 10.1 Å². The van der Waals surface area contributed by atoms with E-state index >= 15 is 0 Å². The predicted octanol–water partition coefficient (Wildman–Crippen LogP) is -0.384.